The highest BCUT2D eigenvalue weighted by atomic mass is 79.9. The van der Waals surface area contributed by atoms with Crippen LogP contribution in [0.25, 0.3) is 6.08 Å². The third kappa shape index (κ3) is 6.37. The summed E-state index contributed by atoms with van der Waals surface area (Å²) in [5.41, 5.74) is 2.41. The van der Waals surface area contributed by atoms with Gasteiger partial charge < -0.3 is 19.2 Å². The Labute approximate surface area is 227 Å². The van der Waals surface area contributed by atoms with Crippen LogP contribution in [0, 0.1) is 6.92 Å². The highest BCUT2D eigenvalue weighted by Crippen LogP contribution is 2.35. The number of carbonyl (C=O) groups is 2. The van der Waals surface area contributed by atoms with Gasteiger partial charge in [-0.05, 0) is 73.5 Å². The number of hydrogen-bond donors (Lipinski definition) is 1. The van der Waals surface area contributed by atoms with Crippen molar-refractivity contribution in [2.24, 2.45) is 0 Å². The van der Waals surface area contributed by atoms with Crippen LogP contribution in [0.5, 0.6) is 11.5 Å². The van der Waals surface area contributed by atoms with E-state index in [4.69, 9.17) is 26.1 Å². The monoisotopic (exact) mass is 586 g/mol. The zero-order valence-corrected chi connectivity index (χ0v) is 22.8. The molecule has 0 bridgehead atoms. The Morgan fingerprint density at radius 3 is 2.75 bits per heavy atom. The second-order valence-electron chi connectivity index (χ2n) is 7.78. The molecule has 0 radical (unpaired) electrons. The first-order chi connectivity index (χ1) is 17.3. The first-order valence-electron chi connectivity index (χ1n) is 11.1. The number of carbonyl (C=O) groups excluding carboxylic acids is 2. The molecular weight excluding hydrogens is 564 g/mol. The van der Waals surface area contributed by atoms with Crippen LogP contribution in [0.3, 0.4) is 0 Å². The van der Waals surface area contributed by atoms with Gasteiger partial charge in [0.2, 0.25) is 0 Å². The molecule has 0 aliphatic carbocycles. The van der Waals surface area contributed by atoms with Crippen molar-refractivity contribution >= 4 is 67.8 Å². The van der Waals surface area contributed by atoms with Crippen molar-refractivity contribution in [1.82, 2.24) is 4.90 Å². The summed E-state index contributed by atoms with van der Waals surface area (Å²) in [6.45, 7) is 4.29. The zero-order valence-electron chi connectivity index (χ0n) is 19.6. The lowest BCUT2D eigenvalue weighted by Gasteiger charge is -2.14. The van der Waals surface area contributed by atoms with Gasteiger partial charge in [-0.1, -0.05) is 46.0 Å². The minimum Gasteiger partial charge on any atom is -0.490 e. The number of nitrogens with one attached hydrogen (secondary N) is 1. The normalized spacial score (nSPS) is 14.4. The van der Waals surface area contributed by atoms with E-state index in [0.29, 0.717) is 33.1 Å². The number of furan rings is 1. The average Bonchev–Trinajstić information content (AvgIpc) is 3.45. The van der Waals surface area contributed by atoms with Crippen molar-refractivity contribution < 1.29 is 23.5 Å². The third-order valence-electron chi connectivity index (χ3n) is 5.15. The summed E-state index contributed by atoms with van der Waals surface area (Å²) in [5.74, 6) is 1.10. The summed E-state index contributed by atoms with van der Waals surface area (Å²) >= 11 is 10.0. The predicted octanol–water partition coefficient (Wildman–Crippen LogP) is 6.17. The van der Waals surface area contributed by atoms with Crippen LogP contribution in [0.4, 0.5) is 5.69 Å². The summed E-state index contributed by atoms with van der Waals surface area (Å²) in [4.78, 5) is 27.4. The SMILES string of the molecule is CCOc1cc(/C=C2\SC(=S)N(Cc3ccco3)C2=O)ccc1OCC(=O)Nc1ccc(Br)cc1C. The van der Waals surface area contributed by atoms with Crippen LogP contribution in [0.1, 0.15) is 23.8 Å². The van der Waals surface area contributed by atoms with Crippen molar-refractivity contribution in [3.05, 3.63) is 81.1 Å². The number of rotatable bonds is 9. The quantitative estimate of drug-likeness (QED) is 0.237. The maximum absolute atomic E-state index is 12.9. The zero-order chi connectivity index (χ0) is 25.7. The molecule has 10 heteroatoms. The maximum atomic E-state index is 12.9. The molecule has 3 aromatic rings. The van der Waals surface area contributed by atoms with Crippen LogP contribution in [0.15, 0.2) is 68.6 Å². The lowest BCUT2D eigenvalue weighted by Crippen LogP contribution is -2.27. The molecule has 1 aromatic heterocycles. The molecule has 1 aliphatic rings. The summed E-state index contributed by atoms with van der Waals surface area (Å²) in [5, 5.41) is 2.85. The van der Waals surface area contributed by atoms with Gasteiger partial charge >= 0.3 is 0 Å². The van der Waals surface area contributed by atoms with Crippen LogP contribution >= 0.6 is 39.9 Å². The smallest absolute Gasteiger partial charge is 0.266 e. The van der Waals surface area contributed by atoms with Crippen molar-refractivity contribution in [3.63, 3.8) is 0 Å². The fourth-order valence-corrected chi connectivity index (χ4v) is 5.18. The molecule has 36 heavy (non-hydrogen) atoms. The number of ether oxygens (including phenoxy) is 2. The van der Waals surface area contributed by atoms with Crippen molar-refractivity contribution in [2.75, 3.05) is 18.5 Å². The fourth-order valence-electron chi connectivity index (χ4n) is 3.44. The molecule has 0 unspecified atom stereocenters. The first kappa shape index (κ1) is 26.0. The van der Waals surface area contributed by atoms with Crippen molar-refractivity contribution in [2.45, 2.75) is 20.4 Å². The van der Waals surface area contributed by atoms with Crippen LogP contribution < -0.4 is 14.8 Å². The second kappa shape index (κ2) is 11.8. The number of thioether (sulfide) groups is 1. The molecule has 2 heterocycles. The summed E-state index contributed by atoms with van der Waals surface area (Å²) < 4.78 is 18.2. The summed E-state index contributed by atoms with van der Waals surface area (Å²) in [6.07, 6.45) is 3.32. The lowest BCUT2D eigenvalue weighted by atomic mass is 10.2. The molecular formula is C26H23BrN2O5S2. The number of anilines is 1. The van der Waals surface area contributed by atoms with Gasteiger partial charge in [0.15, 0.2) is 18.1 Å². The number of nitrogens with zero attached hydrogens (tertiary/aromatic N) is 1. The third-order valence-corrected chi connectivity index (χ3v) is 7.03. The van der Waals surface area contributed by atoms with E-state index in [9.17, 15) is 9.59 Å². The van der Waals surface area contributed by atoms with Crippen molar-refractivity contribution in [3.8, 4) is 11.5 Å². The van der Waals surface area contributed by atoms with Crippen molar-refractivity contribution in [1.29, 1.82) is 0 Å². The number of benzene rings is 2. The molecule has 0 spiro atoms. The van der Waals surface area contributed by atoms with E-state index >= 15 is 0 Å². The van der Waals surface area contributed by atoms with Gasteiger partial charge in [-0.15, -0.1) is 0 Å². The Bertz CT molecular complexity index is 1320. The van der Waals surface area contributed by atoms with Gasteiger partial charge in [-0.25, -0.2) is 0 Å². The van der Waals surface area contributed by atoms with E-state index in [2.05, 4.69) is 21.2 Å². The predicted molar refractivity (Wildman–Crippen MR) is 148 cm³/mol. The summed E-state index contributed by atoms with van der Waals surface area (Å²) in [7, 11) is 0. The van der Waals surface area contributed by atoms with Crippen LogP contribution in [0.2, 0.25) is 0 Å². The molecule has 1 fully saturated rings. The highest BCUT2D eigenvalue weighted by Gasteiger charge is 2.32. The molecule has 2 aromatic carbocycles. The molecule has 2 amide bonds. The molecule has 0 saturated carbocycles. The second-order valence-corrected chi connectivity index (χ2v) is 10.4. The molecule has 0 atom stereocenters. The molecule has 4 rings (SSSR count). The minimum atomic E-state index is -0.285. The van der Waals surface area contributed by atoms with Gasteiger partial charge in [0.05, 0.1) is 24.3 Å². The Hall–Kier alpha value is -3.08. The Morgan fingerprint density at radius 1 is 1.19 bits per heavy atom. The first-order valence-corrected chi connectivity index (χ1v) is 13.1. The van der Waals surface area contributed by atoms with Crippen LogP contribution in [-0.2, 0) is 16.1 Å². The summed E-state index contributed by atoms with van der Waals surface area (Å²) in [6, 6.07) is 14.5. The van der Waals surface area contributed by atoms with Gasteiger partial charge in [0.25, 0.3) is 11.8 Å². The molecule has 7 nitrogen and oxygen atoms in total. The topological polar surface area (TPSA) is 81.0 Å². The van der Waals surface area contributed by atoms with Gasteiger partial charge in [-0.2, -0.15) is 0 Å². The molecule has 1 N–H and O–H groups in total. The van der Waals surface area contributed by atoms with Gasteiger partial charge in [0.1, 0.15) is 10.1 Å². The average molecular weight is 588 g/mol. The Morgan fingerprint density at radius 2 is 2.03 bits per heavy atom. The van der Waals surface area contributed by atoms with E-state index in [1.165, 1.54) is 16.7 Å². The number of hydrogen-bond acceptors (Lipinski definition) is 7. The van der Waals surface area contributed by atoms with E-state index in [1.807, 2.05) is 32.0 Å². The lowest BCUT2D eigenvalue weighted by molar-refractivity contribution is -0.122. The maximum Gasteiger partial charge on any atom is 0.266 e. The van der Waals surface area contributed by atoms with Gasteiger partial charge in [0, 0.05) is 10.2 Å². The van der Waals surface area contributed by atoms with E-state index in [0.717, 1.165) is 21.3 Å². The highest BCUT2D eigenvalue weighted by molar-refractivity contribution is 9.10. The van der Waals surface area contributed by atoms with Crippen LogP contribution in [-0.4, -0.2) is 34.2 Å². The number of aryl methyl sites for hydroxylation is 1. The van der Waals surface area contributed by atoms with Gasteiger partial charge in [-0.3, -0.25) is 14.5 Å². The molecule has 1 aliphatic heterocycles. The fraction of sp³-hybridized carbons (Fsp3) is 0.192. The largest absolute Gasteiger partial charge is 0.490 e. The van der Waals surface area contributed by atoms with E-state index < -0.39 is 0 Å². The molecule has 1 saturated heterocycles. The molecule has 186 valence electrons. The standard InChI is InChI=1S/C26H23BrN2O5S2/c1-3-32-22-12-17(13-23-25(31)29(26(35)36-23)14-19-5-4-10-33-19)6-9-21(22)34-15-24(30)28-20-8-7-18(27)11-16(20)2/h4-13H,3,14-15H2,1-2H3,(H,28,30)/b23-13-. The number of halogens is 1. The number of thiocarbonyl (C=S) groups is 1. The Balaban J connectivity index is 1.44. The van der Waals surface area contributed by atoms with E-state index in [-0.39, 0.29) is 25.0 Å². The minimum absolute atomic E-state index is 0.180. The number of amides is 2. The Kier molecular flexibility index (Phi) is 8.50. The van der Waals surface area contributed by atoms with E-state index in [1.54, 1.807) is 42.7 Å².